The highest BCUT2D eigenvalue weighted by atomic mass is 35.5. The molecule has 104 valence electrons. The summed E-state index contributed by atoms with van der Waals surface area (Å²) in [5.74, 6) is 1.02. The molecule has 2 aromatic rings. The Morgan fingerprint density at radius 2 is 2.25 bits per heavy atom. The quantitative estimate of drug-likeness (QED) is 0.711. The van der Waals surface area contributed by atoms with E-state index in [2.05, 4.69) is 11.9 Å². The summed E-state index contributed by atoms with van der Waals surface area (Å²) in [4.78, 5) is 4.09. The van der Waals surface area contributed by atoms with Gasteiger partial charge in [-0.25, -0.2) is 4.98 Å². The molecule has 0 saturated carbocycles. The highest BCUT2D eigenvalue weighted by molar-refractivity contribution is 8.25. The van der Waals surface area contributed by atoms with Gasteiger partial charge in [-0.1, -0.05) is 29.3 Å². The van der Waals surface area contributed by atoms with E-state index in [0.29, 0.717) is 10.3 Å². The molecule has 0 amide bonds. The smallest absolute Gasteiger partial charge is 0.0989 e. The van der Waals surface area contributed by atoms with E-state index in [1.807, 2.05) is 58.8 Å². The molecular weight excluding hydrogens is 331 g/mol. The zero-order valence-corrected chi connectivity index (χ0v) is 13.9. The largest absolute Gasteiger partial charge is 0.309 e. The average molecular weight is 343 g/mol. The van der Waals surface area contributed by atoms with E-state index in [0.717, 1.165) is 16.3 Å². The summed E-state index contributed by atoms with van der Waals surface area (Å²) in [5, 5.41) is 1.80. The van der Waals surface area contributed by atoms with Crippen LogP contribution in [0.3, 0.4) is 0 Å². The van der Waals surface area contributed by atoms with Crippen molar-refractivity contribution in [1.29, 1.82) is 0 Å². The molecule has 0 bridgehead atoms. The van der Waals surface area contributed by atoms with Crippen molar-refractivity contribution in [2.24, 2.45) is 0 Å². The maximum Gasteiger partial charge on any atom is 0.0989 e. The molecule has 0 spiro atoms. The van der Waals surface area contributed by atoms with Crippen LogP contribution in [-0.4, -0.2) is 15.3 Å². The summed E-state index contributed by atoms with van der Waals surface area (Å²) in [6, 6.07) is 5.74. The maximum atomic E-state index is 6.30. The Balaban J connectivity index is 1.85. The van der Waals surface area contributed by atoms with Crippen LogP contribution >= 0.6 is 46.7 Å². The second-order valence-electron chi connectivity index (χ2n) is 4.43. The molecule has 2 heterocycles. The van der Waals surface area contributed by atoms with Gasteiger partial charge in [0.2, 0.25) is 0 Å². The van der Waals surface area contributed by atoms with Crippen LogP contribution in [-0.2, 0) is 0 Å². The highest BCUT2D eigenvalue weighted by Crippen LogP contribution is 2.53. The number of hydrogen-bond donors (Lipinski definition) is 0. The Kier molecular flexibility index (Phi) is 4.36. The second kappa shape index (κ2) is 6.06. The van der Waals surface area contributed by atoms with Crippen LogP contribution in [0.5, 0.6) is 0 Å². The van der Waals surface area contributed by atoms with Gasteiger partial charge >= 0.3 is 0 Å². The van der Waals surface area contributed by atoms with Crippen LogP contribution in [0.4, 0.5) is 0 Å². The summed E-state index contributed by atoms with van der Waals surface area (Å²) in [7, 11) is 0. The minimum absolute atomic E-state index is 0.373. The molecule has 0 radical (unpaired) electrons. The van der Waals surface area contributed by atoms with Gasteiger partial charge in [-0.15, -0.1) is 23.5 Å². The zero-order chi connectivity index (χ0) is 14.1. The minimum atomic E-state index is 0.373. The van der Waals surface area contributed by atoms with E-state index < -0.39 is 0 Å². The molecule has 0 aliphatic carbocycles. The number of imidazole rings is 1. The van der Waals surface area contributed by atoms with Crippen molar-refractivity contribution in [3.8, 4) is 0 Å². The summed E-state index contributed by atoms with van der Waals surface area (Å²) in [5.41, 5.74) is 2.37. The van der Waals surface area contributed by atoms with E-state index in [-0.39, 0.29) is 0 Å². The van der Waals surface area contributed by atoms with Crippen molar-refractivity contribution in [3.63, 3.8) is 0 Å². The normalized spacial score (nSPS) is 21.2. The molecule has 2 nitrogen and oxygen atoms in total. The first-order valence-corrected chi connectivity index (χ1v) is 8.71. The summed E-state index contributed by atoms with van der Waals surface area (Å²) in [6.45, 7) is 2.11. The molecule has 0 unspecified atom stereocenters. The minimum Gasteiger partial charge on any atom is -0.309 e. The molecule has 1 aromatic heterocycles. The van der Waals surface area contributed by atoms with Gasteiger partial charge in [0.25, 0.3) is 0 Å². The van der Waals surface area contributed by atoms with E-state index in [4.69, 9.17) is 23.2 Å². The van der Waals surface area contributed by atoms with Crippen LogP contribution < -0.4 is 0 Å². The number of benzene rings is 1. The fraction of sp³-hybridized carbons (Fsp3) is 0.214. The molecule has 1 aliphatic heterocycles. The Morgan fingerprint density at radius 1 is 1.40 bits per heavy atom. The Hall–Kier alpha value is -0.550. The third-order valence-corrected chi connectivity index (χ3v) is 6.80. The highest BCUT2D eigenvalue weighted by Gasteiger charge is 2.26. The lowest BCUT2D eigenvalue weighted by atomic mass is 10.2. The zero-order valence-electron chi connectivity index (χ0n) is 10.7. The number of rotatable bonds is 2. The summed E-state index contributed by atoms with van der Waals surface area (Å²) < 4.78 is 3.36. The van der Waals surface area contributed by atoms with Crippen molar-refractivity contribution in [3.05, 3.63) is 56.8 Å². The number of aromatic nitrogens is 2. The fourth-order valence-corrected chi connectivity index (χ4v) is 5.59. The third kappa shape index (κ3) is 2.89. The topological polar surface area (TPSA) is 17.8 Å². The molecule has 3 rings (SSSR count). The van der Waals surface area contributed by atoms with Gasteiger partial charge in [0.15, 0.2) is 0 Å². The van der Waals surface area contributed by atoms with E-state index in [1.165, 1.54) is 9.93 Å². The predicted octanol–water partition coefficient (Wildman–Crippen LogP) is 5.56. The lowest BCUT2D eigenvalue weighted by Gasteiger charge is -2.11. The van der Waals surface area contributed by atoms with Gasteiger partial charge < -0.3 is 4.57 Å². The molecular formula is C14H12Cl2N2S2. The predicted molar refractivity (Wildman–Crippen MR) is 90.4 cm³/mol. The van der Waals surface area contributed by atoms with E-state index in [1.54, 1.807) is 6.20 Å². The fourth-order valence-electron chi connectivity index (χ4n) is 2.02. The third-order valence-electron chi connectivity index (χ3n) is 3.11. The lowest BCUT2D eigenvalue weighted by molar-refractivity contribution is 1.08. The first-order chi connectivity index (χ1) is 9.65. The first-order valence-electron chi connectivity index (χ1n) is 6.09. The lowest BCUT2D eigenvalue weighted by Crippen LogP contribution is -1.93. The van der Waals surface area contributed by atoms with Gasteiger partial charge in [-0.3, -0.25) is 0 Å². The molecule has 1 atom stereocenters. The van der Waals surface area contributed by atoms with Crippen molar-refractivity contribution < 1.29 is 0 Å². The Morgan fingerprint density at radius 3 is 2.95 bits per heavy atom. The Bertz CT molecular complexity index is 653. The molecule has 1 fully saturated rings. The second-order valence-corrected chi connectivity index (χ2v) is 7.77. The monoisotopic (exact) mass is 342 g/mol. The van der Waals surface area contributed by atoms with Gasteiger partial charge in [-0.2, -0.15) is 0 Å². The molecule has 0 N–H and O–H groups in total. The van der Waals surface area contributed by atoms with Crippen molar-refractivity contribution in [2.45, 2.75) is 12.2 Å². The van der Waals surface area contributed by atoms with Crippen LogP contribution in [0, 0.1) is 0 Å². The number of nitrogens with zero attached hydrogens (tertiary/aromatic N) is 2. The Labute approximate surface area is 136 Å². The number of halogens is 2. The van der Waals surface area contributed by atoms with Crippen LogP contribution in [0.2, 0.25) is 10.0 Å². The SMILES string of the molecule is C/C(=C1/SC[C@@H](c2ccc(Cl)cc2Cl)S1)n1ccnc1. The standard InChI is InChI=1S/C14H12Cl2N2S2/c1-9(18-5-4-17-8-18)14-19-7-13(20-14)11-3-2-10(15)6-12(11)16/h2-6,8,13H,7H2,1H3/b14-9+/t13-/m0/s1. The van der Waals surface area contributed by atoms with E-state index >= 15 is 0 Å². The summed E-state index contributed by atoms with van der Waals surface area (Å²) >= 11 is 16.0. The summed E-state index contributed by atoms with van der Waals surface area (Å²) in [6.07, 6.45) is 5.58. The van der Waals surface area contributed by atoms with Crippen LogP contribution in [0.1, 0.15) is 17.7 Å². The molecule has 20 heavy (non-hydrogen) atoms. The molecule has 1 aromatic carbocycles. The first kappa shape index (κ1) is 14.4. The van der Waals surface area contributed by atoms with Gasteiger partial charge in [0, 0.05) is 39.1 Å². The van der Waals surface area contributed by atoms with E-state index in [9.17, 15) is 0 Å². The van der Waals surface area contributed by atoms with Crippen molar-refractivity contribution >= 4 is 52.4 Å². The van der Waals surface area contributed by atoms with Crippen molar-refractivity contribution in [1.82, 2.24) is 9.55 Å². The maximum absolute atomic E-state index is 6.30. The number of allylic oxidation sites excluding steroid dienone is 1. The number of thioether (sulfide) groups is 2. The molecule has 1 aliphatic rings. The van der Waals surface area contributed by atoms with Crippen molar-refractivity contribution in [2.75, 3.05) is 5.75 Å². The molecule has 6 heteroatoms. The van der Waals surface area contributed by atoms with Gasteiger partial charge in [0.05, 0.1) is 10.6 Å². The number of hydrogen-bond acceptors (Lipinski definition) is 3. The van der Waals surface area contributed by atoms with Gasteiger partial charge in [0.1, 0.15) is 0 Å². The van der Waals surface area contributed by atoms with Gasteiger partial charge in [-0.05, 0) is 24.6 Å². The van der Waals surface area contributed by atoms with Crippen LogP contribution in [0.15, 0.2) is 41.2 Å². The molecule has 1 saturated heterocycles. The van der Waals surface area contributed by atoms with Crippen LogP contribution in [0.25, 0.3) is 5.70 Å². The average Bonchev–Trinajstić information content (AvgIpc) is 3.09.